The molecule has 2 nitrogen and oxygen atoms in total. The van der Waals surface area contributed by atoms with Crippen molar-refractivity contribution in [3.63, 3.8) is 0 Å². The minimum absolute atomic E-state index is 0.198. The molecule has 1 aliphatic heterocycles. The van der Waals surface area contributed by atoms with Gasteiger partial charge in [0.25, 0.3) is 0 Å². The van der Waals surface area contributed by atoms with E-state index in [2.05, 4.69) is 7.05 Å². The van der Waals surface area contributed by atoms with Crippen molar-refractivity contribution in [2.24, 2.45) is 5.92 Å². The lowest BCUT2D eigenvalue weighted by Gasteiger charge is -2.24. The summed E-state index contributed by atoms with van der Waals surface area (Å²) in [6, 6.07) is 0. The Morgan fingerprint density at radius 3 is 2.55 bits per heavy atom. The predicted molar refractivity (Wildman–Crippen MR) is 45.1 cm³/mol. The first-order chi connectivity index (χ1) is 5.24. The number of nitrogens with one attached hydrogen (secondary N) is 1. The number of piperidine rings is 1. The number of carbonyl (C=O) groups is 1. The molecule has 11 heavy (non-hydrogen) atoms. The van der Waals surface area contributed by atoms with Gasteiger partial charge >= 0.3 is 0 Å². The number of carbonyl (C=O) groups excluding carboxylic acids is 1. The van der Waals surface area contributed by atoms with Gasteiger partial charge in [-0.2, -0.15) is 0 Å². The maximum atomic E-state index is 11.1. The molecule has 0 radical (unpaired) electrons. The summed E-state index contributed by atoms with van der Waals surface area (Å²) in [5.74, 6) is 0.694. The Balaban J connectivity index is 2.33. The van der Waals surface area contributed by atoms with Crippen LogP contribution in [-0.2, 0) is 4.79 Å². The van der Waals surface area contributed by atoms with Crippen molar-refractivity contribution in [2.45, 2.75) is 12.8 Å². The van der Waals surface area contributed by atoms with Gasteiger partial charge in [0, 0.05) is 18.8 Å². The lowest BCUT2D eigenvalue weighted by molar-refractivity contribution is -0.885. The van der Waals surface area contributed by atoms with Gasteiger partial charge < -0.3 is 4.90 Å². The maximum Gasteiger partial charge on any atom is 0.151 e. The van der Waals surface area contributed by atoms with Gasteiger partial charge in [0.1, 0.15) is 0 Å². The van der Waals surface area contributed by atoms with Crippen LogP contribution in [0.25, 0.3) is 0 Å². The maximum absolute atomic E-state index is 11.1. The molecule has 0 saturated carbocycles. The molecule has 0 aromatic heterocycles. The Hall–Kier alpha value is -0.0800. The molecule has 0 unspecified atom stereocenters. The van der Waals surface area contributed by atoms with Crippen LogP contribution in [0.3, 0.4) is 0 Å². The molecule has 1 N–H and O–H groups in total. The van der Waals surface area contributed by atoms with Gasteiger partial charge in [0.05, 0.1) is 26.0 Å². The largest absolute Gasteiger partial charge is 0.337 e. The summed E-state index contributed by atoms with van der Waals surface area (Å²) >= 11 is 5.47. The molecular weight excluding hydrogens is 162 g/mol. The van der Waals surface area contributed by atoms with E-state index in [-0.39, 0.29) is 17.6 Å². The molecule has 1 saturated heterocycles. The molecule has 0 aliphatic carbocycles. The van der Waals surface area contributed by atoms with Crippen LogP contribution in [0.15, 0.2) is 0 Å². The van der Waals surface area contributed by atoms with Crippen molar-refractivity contribution >= 4 is 17.4 Å². The van der Waals surface area contributed by atoms with Gasteiger partial charge in [-0.1, -0.05) is 0 Å². The van der Waals surface area contributed by atoms with Crippen molar-refractivity contribution in [1.29, 1.82) is 0 Å². The van der Waals surface area contributed by atoms with Crippen LogP contribution in [0, 0.1) is 5.92 Å². The molecule has 0 spiro atoms. The first-order valence-electron chi connectivity index (χ1n) is 4.14. The smallest absolute Gasteiger partial charge is 0.151 e. The predicted octanol–water partition coefficient (Wildman–Crippen LogP) is -0.281. The Morgan fingerprint density at radius 1 is 1.55 bits per heavy atom. The Morgan fingerprint density at radius 2 is 2.09 bits per heavy atom. The highest BCUT2D eigenvalue weighted by atomic mass is 35.5. The minimum Gasteiger partial charge on any atom is -0.337 e. The van der Waals surface area contributed by atoms with Crippen molar-refractivity contribution in [3.8, 4) is 0 Å². The number of Topliss-reactive ketones (excluding diaryl/α,β-unsaturated/α-hetero) is 1. The number of quaternary nitrogens is 1. The van der Waals surface area contributed by atoms with Crippen LogP contribution in [0.2, 0.25) is 0 Å². The second kappa shape index (κ2) is 4.07. The highest BCUT2D eigenvalue weighted by Crippen LogP contribution is 2.10. The quantitative estimate of drug-likeness (QED) is 0.575. The average Bonchev–Trinajstić information content (AvgIpc) is 2.05. The van der Waals surface area contributed by atoms with Crippen LogP contribution >= 0.6 is 11.6 Å². The van der Waals surface area contributed by atoms with E-state index in [1.165, 1.54) is 4.90 Å². The minimum atomic E-state index is 0.198. The van der Waals surface area contributed by atoms with Crippen LogP contribution in [-0.4, -0.2) is 31.8 Å². The molecule has 1 heterocycles. The second-order valence-electron chi connectivity index (χ2n) is 3.33. The lowest BCUT2D eigenvalue weighted by atomic mass is 9.94. The van der Waals surface area contributed by atoms with Crippen LogP contribution < -0.4 is 4.90 Å². The van der Waals surface area contributed by atoms with E-state index < -0.39 is 0 Å². The number of hydrogen-bond donors (Lipinski definition) is 1. The summed E-state index contributed by atoms with van der Waals surface area (Å²) in [5.41, 5.74) is 0. The highest BCUT2D eigenvalue weighted by molar-refractivity contribution is 6.27. The van der Waals surface area contributed by atoms with E-state index in [9.17, 15) is 4.79 Å². The second-order valence-corrected chi connectivity index (χ2v) is 3.60. The molecule has 0 atom stereocenters. The molecule has 1 rings (SSSR count). The van der Waals surface area contributed by atoms with E-state index in [1.807, 2.05) is 0 Å². The van der Waals surface area contributed by atoms with Crippen LogP contribution in [0.5, 0.6) is 0 Å². The number of halogens is 1. The summed E-state index contributed by atoms with van der Waals surface area (Å²) in [6.07, 6.45) is 2.05. The monoisotopic (exact) mass is 176 g/mol. The fraction of sp³-hybridized carbons (Fsp3) is 0.875. The summed E-state index contributed by atoms with van der Waals surface area (Å²) in [4.78, 5) is 12.7. The normalized spacial score (nSPS) is 31.8. The molecule has 3 heteroatoms. The molecule has 64 valence electrons. The lowest BCUT2D eigenvalue weighted by Crippen LogP contribution is -3.10. The third kappa shape index (κ3) is 2.46. The topological polar surface area (TPSA) is 21.5 Å². The van der Waals surface area contributed by atoms with E-state index in [4.69, 9.17) is 11.6 Å². The molecular formula is C8H15ClNO+. The van der Waals surface area contributed by atoms with Crippen LogP contribution in [0.4, 0.5) is 0 Å². The third-order valence-electron chi connectivity index (χ3n) is 2.43. The van der Waals surface area contributed by atoms with Crippen molar-refractivity contribution in [3.05, 3.63) is 0 Å². The van der Waals surface area contributed by atoms with Gasteiger partial charge in [0.2, 0.25) is 0 Å². The molecule has 1 fully saturated rings. The fourth-order valence-corrected chi connectivity index (χ4v) is 1.76. The van der Waals surface area contributed by atoms with Crippen LogP contribution in [0.1, 0.15) is 12.8 Å². The first kappa shape index (κ1) is 9.01. The summed E-state index contributed by atoms with van der Waals surface area (Å²) < 4.78 is 0. The fourth-order valence-electron chi connectivity index (χ4n) is 1.54. The number of likely N-dealkylation sites (tertiary alicyclic amines) is 1. The summed E-state index contributed by atoms with van der Waals surface area (Å²) in [5, 5.41) is 0. The zero-order valence-corrected chi connectivity index (χ0v) is 7.66. The van der Waals surface area contributed by atoms with Crippen molar-refractivity contribution < 1.29 is 9.69 Å². The highest BCUT2D eigenvalue weighted by Gasteiger charge is 2.24. The van der Waals surface area contributed by atoms with Gasteiger partial charge in [0.15, 0.2) is 5.78 Å². The van der Waals surface area contributed by atoms with E-state index in [0.717, 1.165) is 25.9 Å². The van der Waals surface area contributed by atoms with Gasteiger partial charge in [-0.3, -0.25) is 4.79 Å². The van der Waals surface area contributed by atoms with Gasteiger partial charge in [-0.05, 0) is 0 Å². The van der Waals surface area contributed by atoms with Gasteiger partial charge in [-0.25, -0.2) is 0 Å². The number of hydrogen-bond acceptors (Lipinski definition) is 1. The molecule has 0 bridgehead atoms. The van der Waals surface area contributed by atoms with Crippen molar-refractivity contribution in [2.75, 3.05) is 26.0 Å². The molecule has 0 amide bonds. The molecule has 0 aromatic rings. The number of rotatable bonds is 2. The molecule has 1 aliphatic rings. The average molecular weight is 177 g/mol. The Kier molecular flexibility index (Phi) is 3.34. The van der Waals surface area contributed by atoms with E-state index in [1.54, 1.807) is 0 Å². The van der Waals surface area contributed by atoms with Crippen molar-refractivity contribution in [1.82, 2.24) is 0 Å². The standard InChI is InChI=1S/C8H14ClNO/c1-10-4-2-7(3-5-10)8(11)6-9/h7H,2-6H2,1H3/p+1. The third-order valence-corrected chi connectivity index (χ3v) is 2.69. The van der Waals surface area contributed by atoms with E-state index in [0.29, 0.717) is 0 Å². The number of alkyl halides is 1. The first-order valence-corrected chi connectivity index (χ1v) is 4.67. The zero-order valence-electron chi connectivity index (χ0n) is 6.90. The SMILES string of the molecule is C[NH+]1CCC(C(=O)CCl)CC1. The summed E-state index contributed by atoms with van der Waals surface area (Å²) in [7, 11) is 2.17. The Bertz CT molecular complexity index is 141. The zero-order chi connectivity index (χ0) is 8.27. The Labute approximate surface area is 72.5 Å². The summed E-state index contributed by atoms with van der Waals surface area (Å²) in [6.45, 7) is 2.24. The molecule has 0 aromatic carbocycles. The number of ketones is 1. The van der Waals surface area contributed by atoms with Gasteiger partial charge in [-0.15, -0.1) is 11.6 Å². The van der Waals surface area contributed by atoms with E-state index >= 15 is 0 Å².